The first-order valence-corrected chi connectivity index (χ1v) is 6.77. The highest BCUT2D eigenvalue weighted by Crippen LogP contribution is 2.05. The van der Waals surface area contributed by atoms with Crippen LogP contribution in [0.25, 0.3) is 0 Å². The standard InChI is InChI=1S/C12H20N3O2P/c1-8(2)12(17)6-10-7-15(14-13-10)5-4-11(16)9(3)18/h7-9H,4-6,18H2,1-3H3. The summed E-state index contributed by atoms with van der Waals surface area (Å²) in [5.74, 6) is 0.335. The van der Waals surface area contributed by atoms with Gasteiger partial charge in [0.05, 0.1) is 12.1 Å². The number of nitrogens with zero attached hydrogens (tertiary/aromatic N) is 3. The number of carbonyl (C=O) groups is 2. The fourth-order valence-electron chi connectivity index (χ4n) is 1.36. The third-order valence-electron chi connectivity index (χ3n) is 2.68. The van der Waals surface area contributed by atoms with Crippen LogP contribution in [0.5, 0.6) is 0 Å². The van der Waals surface area contributed by atoms with E-state index in [0.717, 1.165) is 0 Å². The van der Waals surface area contributed by atoms with Crippen molar-refractivity contribution in [3.8, 4) is 0 Å². The molecule has 2 unspecified atom stereocenters. The quantitative estimate of drug-likeness (QED) is 0.699. The minimum atomic E-state index is -0.0319. The number of rotatable bonds is 7. The molecule has 5 nitrogen and oxygen atoms in total. The summed E-state index contributed by atoms with van der Waals surface area (Å²) in [6, 6.07) is 0. The van der Waals surface area contributed by atoms with Crippen LogP contribution in [0.1, 0.15) is 32.9 Å². The van der Waals surface area contributed by atoms with Gasteiger partial charge >= 0.3 is 0 Å². The Balaban J connectivity index is 2.48. The van der Waals surface area contributed by atoms with E-state index < -0.39 is 0 Å². The van der Waals surface area contributed by atoms with Crippen molar-refractivity contribution in [2.45, 2.75) is 45.8 Å². The number of ketones is 2. The van der Waals surface area contributed by atoms with Crippen molar-refractivity contribution in [1.29, 1.82) is 0 Å². The van der Waals surface area contributed by atoms with Crippen LogP contribution in [-0.2, 0) is 22.6 Å². The zero-order valence-corrected chi connectivity index (χ0v) is 12.2. The molecule has 1 aromatic heterocycles. The van der Waals surface area contributed by atoms with Gasteiger partial charge in [-0.3, -0.25) is 14.3 Å². The minimum Gasteiger partial charge on any atom is -0.299 e. The van der Waals surface area contributed by atoms with Gasteiger partial charge in [0, 0.05) is 30.7 Å². The first kappa shape index (κ1) is 15.0. The molecule has 0 aromatic carbocycles. The summed E-state index contributed by atoms with van der Waals surface area (Å²) in [6.07, 6.45) is 2.48. The van der Waals surface area contributed by atoms with E-state index in [1.165, 1.54) is 0 Å². The van der Waals surface area contributed by atoms with Gasteiger partial charge in [0.2, 0.25) is 0 Å². The summed E-state index contributed by atoms with van der Waals surface area (Å²) in [7, 11) is 2.48. The summed E-state index contributed by atoms with van der Waals surface area (Å²) < 4.78 is 1.62. The maximum absolute atomic E-state index is 11.5. The molecule has 1 heterocycles. The molecule has 0 saturated heterocycles. The van der Waals surface area contributed by atoms with Gasteiger partial charge in [0.25, 0.3) is 0 Å². The van der Waals surface area contributed by atoms with Crippen LogP contribution < -0.4 is 0 Å². The lowest BCUT2D eigenvalue weighted by Gasteiger charge is -2.03. The smallest absolute Gasteiger partial charge is 0.141 e. The highest BCUT2D eigenvalue weighted by molar-refractivity contribution is 7.19. The maximum atomic E-state index is 11.5. The van der Waals surface area contributed by atoms with Crippen molar-refractivity contribution >= 4 is 20.8 Å². The summed E-state index contributed by atoms with van der Waals surface area (Å²) in [5.41, 5.74) is 0.635. The van der Waals surface area contributed by atoms with E-state index in [2.05, 4.69) is 19.6 Å². The first-order chi connectivity index (χ1) is 8.40. The lowest BCUT2D eigenvalue weighted by molar-refractivity contribution is -0.121. The third kappa shape index (κ3) is 4.65. The topological polar surface area (TPSA) is 64.8 Å². The Morgan fingerprint density at radius 1 is 1.33 bits per heavy atom. The van der Waals surface area contributed by atoms with Gasteiger partial charge in [0.1, 0.15) is 11.6 Å². The van der Waals surface area contributed by atoms with Crippen LogP contribution in [-0.4, -0.2) is 32.2 Å². The van der Waals surface area contributed by atoms with Gasteiger partial charge in [-0.15, -0.1) is 14.3 Å². The second kappa shape index (κ2) is 6.74. The Hall–Kier alpha value is -1.09. The molecule has 100 valence electrons. The number of Topliss-reactive ketones (excluding diaryl/α,β-unsaturated/α-hetero) is 2. The van der Waals surface area contributed by atoms with E-state index in [1.54, 1.807) is 10.9 Å². The first-order valence-electron chi connectivity index (χ1n) is 6.10. The van der Waals surface area contributed by atoms with Crippen LogP contribution >= 0.6 is 9.24 Å². The molecule has 1 rings (SSSR count). The van der Waals surface area contributed by atoms with Gasteiger partial charge in [-0.2, -0.15) is 0 Å². The Morgan fingerprint density at radius 2 is 2.00 bits per heavy atom. The molecule has 0 saturated carbocycles. The molecule has 0 fully saturated rings. The molecule has 1 aromatic rings. The Morgan fingerprint density at radius 3 is 2.56 bits per heavy atom. The summed E-state index contributed by atoms with van der Waals surface area (Å²) >= 11 is 0. The molecule has 0 bridgehead atoms. The molecule has 0 spiro atoms. The van der Waals surface area contributed by atoms with Gasteiger partial charge in [-0.05, 0) is 0 Å². The van der Waals surface area contributed by atoms with Crippen molar-refractivity contribution in [1.82, 2.24) is 15.0 Å². The normalized spacial score (nSPS) is 12.7. The van der Waals surface area contributed by atoms with Crippen molar-refractivity contribution in [3.63, 3.8) is 0 Å². The molecule has 0 N–H and O–H groups in total. The average Bonchev–Trinajstić information content (AvgIpc) is 2.73. The Labute approximate surface area is 110 Å². The van der Waals surface area contributed by atoms with Crippen LogP contribution in [0.3, 0.4) is 0 Å². The van der Waals surface area contributed by atoms with E-state index in [0.29, 0.717) is 25.1 Å². The van der Waals surface area contributed by atoms with E-state index in [1.807, 2.05) is 20.8 Å². The average molecular weight is 269 g/mol. The molecule has 0 aliphatic heterocycles. The lowest BCUT2D eigenvalue weighted by atomic mass is 10.1. The zero-order chi connectivity index (χ0) is 13.7. The van der Waals surface area contributed by atoms with Crippen molar-refractivity contribution in [2.24, 2.45) is 5.92 Å². The number of carbonyl (C=O) groups excluding carboxylic acids is 2. The summed E-state index contributed by atoms with van der Waals surface area (Å²) in [6.45, 7) is 6.10. The van der Waals surface area contributed by atoms with E-state index in [4.69, 9.17) is 0 Å². The molecule has 0 amide bonds. The third-order valence-corrected chi connectivity index (χ3v) is 3.05. The molecule has 2 atom stereocenters. The predicted molar refractivity (Wildman–Crippen MR) is 72.4 cm³/mol. The van der Waals surface area contributed by atoms with Gasteiger partial charge in [-0.1, -0.05) is 26.0 Å². The van der Waals surface area contributed by atoms with Gasteiger partial charge in [-0.25, -0.2) is 0 Å². The predicted octanol–water partition coefficient (Wildman–Crippen LogP) is 1.27. The molecule has 18 heavy (non-hydrogen) atoms. The molecular weight excluding hydrogens is 249 g/mol. The Bertz CT molecular complexity index is 427. The molecule has 6 heteroatoms. The molecular formula is C12H20N3O2P. The summed E-state index contributed by atoms with van der Waals surface area (Å²) in [5, 5.41) is 7.85. The highest BCUT2D eigenvalue weighted by Gasteiger charge is 2.12. The largest absolute Gasteiger partial charge is 0.299 e. The Kier molecular flexibility index (Phi) is 5.60. The fraction of sp³-hybridized carbons (Fsp3) is 0.667. The second-order valence-electron chi connectivity index (χ2n) is 4.78. The zero-order valence-electron chi connectivity index (χ0n) is 11.1. The van der Waals surface area contributed by atoms with Crippen LogP contribution in [0.15, 0.2) is 6.20 Å². The molecule has 0 radical (unpaired) electrons. The van der Waals surface area contributed by atoms with E-state index >= 15 is 0 Å². The fourth-order valence-corrected chi connectivity index (χ4v) is 1.53. The molecule has 0 aliphatic rings. The van der Waals surface area contributed by atoms with Crippen molar-refractivity contribution in [2.75, 3.05) is 0 Å². The van der Waals surface area contributed by atoms with Gasteiger partial charge < -0.3 is 0 Å². The van der Waals surface area contributed by atoms with Crippen molar-refractivity contribution in [3.05, 3.63) is 11.9 Å². The van der Waals surface area contributed by atoms with Crippen molar-refractivity contribution < 1.29 is 9.59 Å². The second-order valence-corrected chi connectivity index (χ2v) is 5.78. The van der Waals surface area contributed by atoms with Crippen LogP contribution in [0, 0.1) is 5.92 Å². The number of aryl methyl sites for hydroxylation is 1. The van der Waals surface area contributed by atoms with E-state index in [-0.39, 0.29) is 23.1 Å². The number of hydrogen-bond donors (Lipinski definition) is 0. The molecule has 0 aliphatic carbocycles. The van der Waals surface area contributed by atoms with Crippen LogP contribution in [0.4, 0.5) is 0 Å². The lowest BCUT2D eigenvalue weighted by Crippen LogP contribution is -2.13. The number of aromatic nitrogens is 3. The maximum Gasteiger partial charge on any atom is 0.141 e. The van der Waals surface area contributed by atoms with Crippen LogP contribution in [0.2, 0.25) is 0 Å². The summed E-state index contributed by atoms with van der Waals surface area (Å²) in [4.78, 5) is 23.0. The minimum absolute atomic E-state index is 0.00898. The monoisotopic (exact) mass is 269 g/mol. The SMILES string of the molecule is CC(C)C(=O)Cc1cn(CCC(=O)C(C)P)nn1. The highest BCUT2D eigenvalue weighted by atomic mass is 31.0. The van der Waals surface area contributed by atoms with E-state index in [9.17, 15) is 9.59 Å². The van der Waals surface area contributed by atoms with Gasteiger partial charge in [0.15, 0.2) is 0 Å². The number of hydrogen-bond acceptors (Lipinski definition) is 4.